The summed E-state index contributed by atoms with van der Waals surface area (Å²) in [7, 11) is 0. The average molecular weight is 251 g/mol. The molecule has 0 N–H and O–H groups in total. The lowest BCUT2D eigenvalue weighted by Crippen LogP contribution is -2.41. The average Bonchev–Trinajstić information content (AvgIpc) is 1.82. The largest absolute Gasteiger partial charge is 0.459 e. The highest BCUT2D eigenvalue weighted by Crippen LogP contribution is 2.23. The Morgan fingerprint density at radius 1 is 1.15 bits per heavy atom. The number of ketones is 1. The summed E-state index contributed by atoms with van der Waals surface area (Å²) in [6.07, 6.45) is 0. The first-order chi connectivity index (χ1) is 5.57. The third-order valence-corrected chi connectivity index (χ3v) is 2.33. The van der Waals surface area contributed by atoms with Crippen molar-refractivity contribution in [3.63, 3.8) is 0 Å². The third kappa shape index (κ3) is 3.89. The van der Waals surface area contributed by atoms with Gasteiger partial charge in [-0.15, -0.1) is 0 Å². The predicted molar refractivity (Wildman–Crippen MR) is 53.9 cm³/mol. The highest BCUT2D eigenvalue weighted by Gasteiger charge is 2.38. The maximum Gasteiger partial charge on any atom is 0.330 e. The van der Waals surface area contributed by atoms with Crippen molar-refractivity contribution >= 4 is 27.7 Å². The highest BCUT2D eigenvalue weighted by atomic mass is 79.9. The zero-order chi connectivity index (χ0) is 10.9. The first-order valence-electron chi connectivity index (χ1n) is 4.01. The van der Waals surface area contributed by atoms with Crippen LogP contribution in [0.5, 0.6) is 0 Å². The van der Waals surface area contributed by atoms with Crippen LogP contribution >= 0.6 is 15.9 Å². The second-order valence-corrected chi connectivity index (χ2v) is 5.65. The number of carbonyl (C=O) groups is 2. The van der Waals surface area contributed by atoms with E-state index in [1.807, 2.05) is 0 Å². The summed E-state index contributed by atoms with van der Waals surface area (Å²) in [5, 5.41) is 0. The number of rotatable bonds is 2. The quantitative estimate of drug-likeness (QED) is 0.428. The number of esters is 1. The van der Waals surface area contributed by atoms with Gasteiger partial charge in [0.25, 0.3) is 0 Å². The van der Waals surface area contributed by atoms with E-state index in [1.54, 1.807) is 20.8 Å². The smallest absolute Gasteiger partial charge is 0.330 e. The zero-order valence-corrected chi connectivity index (χ0v) is 10.2. The van der Waals surface area contributed by atoms with Crippen LogP contribution in [0.15, 0.2) is 0 Å². The van der Waals surface area contributed by atoms with Crippen LogP contribution in [0.1, 0.15) is 34.6 Å². The second-order valence-electron chi connectivity index (χ2n) is 4.06. The SMILES string of the molecule is CC(=O)[C@](C)(Br)C(=O)OC(C)(C)C. The Labute approximate surface area is 87.0 Å². The molecule has 0 aliphatic rings. The number of carbonyl (C=O) groups excluding carboxylic acids is 2. The van der Waals surface area contributed by atoms with Gasteiger partial charge in [-0.2, -0.15) is 0 Å². The molecule has 0 unspecified atom stereocenters. The summed E-state index contributed by atoms with van der Waals surface area (Å²) in [5.74, 6) is -0.811. The van der Waals surface area contributed by atoms with Gasteiger partial charge in [-0.1, -0.05) is 15.9 Å². The maximum atomic E-state index is 11.4. The molecule has 0 aromatic carbocycles. The molecular weight excluding hydrogens is 236 g/mol. The number of alkyl halides is 1. The van der Waals surface area contributed by atoms with Gasteiger partial charge < -0.3 is 4.74 Å². The fourth-order valence-electron chi connectivity index (χ4n) is 0.518. The van der Waals surface area contributed by atoms with Crippen LogP contribution in [0.2, 0.25) is 0 Å². The number of ether oxygens (including phenoxy) is 1. The van der Waals surface area contributed by atoms with Crippen molar-refractivity contribution in [1.82, 2.24) is 0 Å². The van der Waals surface area contributed by atoms with Gasteiger partial charge in [-0.3, -0.25) is 9.59 Å². The minimum absolute atomic E-state index is 0.262. The number of hydrogen-bond acceptors (Lipinski definition) is 3. The van der Waals surface area contributed by atoms with Gasteiger partial charge in [0.15, 0.2) is 10.1 Å². The van der Waals surface area contributed by atoms with Crippen LogP contribution in [0.4, 0.5) is 0 Å². The van der Waals surface area contributed by atoms with Crippen LogP contribution in [-0.4, -0.2) is 21.7 Å². The maximum absolute atomic E-state index is 11.4. The molecule has 0 fully saturated rings. The number of Topliss-reactive ketones (excluding diaryl/α,β-unsaturated/α-hetero) is 1. The van der Waals surface area contributed by atoms with E-state index in [-0.39, 0.29) is 5.78 Å². The molecule has 13 heavy (non-hydrogen) atoms. The molecule has 0 radical (unpaired) electrons. The molecular formula is C9H15BrO3. The van der Waals surface area contributed by atoms with Crippen LogP contribution in [-0.2, 0) is 14.3 Å². The van der Waals surface area contributed by atoms with Crippen molar-refractivity contribution in [2.45, 2.75) is 44.5 Å². The van der Waals surface area contributed by atoms with Crippen molar-refractivity contribution in [3.05, 3.63) is 0 Å². The molecule has 76 valence electrons. The van der Waals surface area contributed by atoms with E-state index in [1.165, 1.54) is 13.8 Å². The van der Waals surface area contributed by atoms with Gasteiger partial charge in [0.2, 0.25) is 0 Å². The molecule has 0 rings (SSSR count). The predicted octanol–water partition coefficient (Wildman–Crippen LogP) is 2.07. The second kappa shape index (κ2) is 3.78. The van der Waals surface area contributed by atoms with E-state index in [0.29, 0.717) is 0 Å². The Kier molecular flexibility index (Phi) is 3.67. The minimum Gasteiger partial charge on any atom is -0.459 e. The fourth-order valence-corrected chi connectivity index (χ4v) is 0.599. The van der Waals surface area contributed by atoms with E-state index in [4.69, 9.17) is 4.74 Å². The van der Waals surface area contributed by atoms with Crippen molar-refractivity contribution in [2.75, 3.05) is 0 Å². The van der Waals surface area contributed by atoms with E-state index in [0.717, 1.165) is 0 Å². The Balaban J connectivity index is 4.53. The Bertz CT molecular complexity index is 226. The van der Waals surface area contributed by atoms with Gasteiger partial charge in [0, 0.05) is 0 Å². The van der Waals surface area contributed by atoms with Crippen molar-refractivity contribution in [1.29, 1.82) is 0 Å². The summed E-state index contributed by atoms with van der Waals surface area (Å²) in [5.41, 5.74) is -0.568. The normalized spacial score (nSPS) is 16.2. The summed E-state index contributed by atoms with van der Waals surface area (Å²) in [6, 6.07) is 0. The summed E-state index contributed by atoms with van der Waals surface area (Å²) < 4.78 is 3.84. The Morgan fingerprint density at radius 2 is 1.54 bits per heavy atom. The first kappa shape index (κ1) is 12.6. The molecule has 4 heteroatoms. The van der Waals surface area contributed by atoms with Gasteiger partial charge in [-0.05, 0) is 34.6 Å². The van der Waals surface area contributed by atoms with Crippen molar-refractivity contribution < 1.29 is 14.3 Å². The van der Waals surface area contributed by atoms with Gasteiger partial charge in [0.1, 0.15) is 5.60 Å². The van der Waals surface area contributed by atoms with Crippen LogP contribution in [0, 0.1) is 0 Å². The topological polar surface area (TPSA) is 43.4 Å². The molecule has 1 atom stereocenters. The third-order valence-electron chi connectivity index (χ3n) is 1.44. The van der Waals surface area contributed by atoms with Gasteiger partial charge in [-0.25, -0.2) is 0 Å². The summed E-state index contributed by atoms with van der Waals surface area (Å²) in [4.78, 5) is 22.5. The molecule has 0 saturated carbocycles. The minimum atomic E-state index is -1.22. The lowest BCUT2D eigenvalue weighted by molar-refractivity contribution is -0.158. The lowest BCUT2D eigenvalue weighted by Gasteiger charge is -2.25. The van der Waals surface area contributed by atoms with Crippen LogP contribution in [0.25, 0.3) is 0 Å². The zero-order valence-electron chi connectivity index (χ0n) is 8.60. The van der Waals surface area contributed by atoms with Crippen LogP contribution < -0.4 is 0 Å². The molecule has 3 nitrogen and oxygen atoms in total. The molecule has 0 amide bonds. The van der Waals surface area contributed by atoms with E-state index < -0.39 is 15.9 Å². The number of hydrogen-bond donors (Lipinski definition) is 0. The van der Waals surface area contributed by atoms with Gasteiger partial charge >= 0.3 is 5.97 Å². The number of halogens is 1. The fraction of sp³-hybridized carbons (Fsp3) is 0.778. The molecule has 0 heterocycles. The first-order valence-corrected chi connectivity index (χ1v) is 4.80. The van der Waals surface area contributed by atoms with E-state index >= 15 is 0 Å². The molecule has 0 bridgehead atoms. The molecule has 0 spiro atoms. The highest BCUT2D eigenvalue weighted by molar-refractivity contribution is 9.10. The van der Waals surface area contributed by atoms with E-state index in [9.17, 15) is 9.59 Å². The lowest BCUT2D eigenvalue weighted by atomic mass is 10.1. The summed E-state index contributed by atoms with van der Waals surface area (Å²) >= 11 is 3.04. The summed E-state index contributed by atoms with van der Waals surface area (Å²) in [6.45, 7) is 8.11. The monoisotopic (exact) mass is 250 g/mol. The Morgan fingerprint density at radius 3 is 1.77 bits per heavy atom. The van der Waals surface area contributed by atoms with Crippen molar-refractivity contribution in [2.24, 2.45) is 0 Å². The van der Waals surface area contributed by atoms with Gasteiger partial charge in [0.05, 0.1) is 0 Å². The molecule has 0 aliphatic carbocycles. The van der Waals surface area contributed by atoms with Crippen LogP contribution in [0.3, 0.4) is 0 Å². The molecule has 0 saturated heterocycles. The Hall–Kier alpha value is -0.380. The van der Waals surface area contributed by atoms with E-state index in [2.05, 4.69) is 15.9 Å². The molecule has 0 aromatic rings. The molecule has 0 aromatic heterocycles. The van der Waals surface area contributed by atoms with Crippen molar-refractivity contribution in [3.8, 4) is 0 Å². The molecule has 0 aliphatic heterocycles. The standard InChI is InChI=1S/C9H15BrO3/c1-6(11)9(5,10)7(12)13-8(2,3)4/h1-5H3/t9-/m0/s1.